The number of aromatic nitrogens is 1. The van der Waals surface area contributed by atoms with E-state index in [-0.39, 0.29) is 16.8 Å². The summed E-state index contributed by atoms with van der Waals surface area (Å²) in [6.45, 7) is 0. The van der Waals surface area contributed by atoms with Crippen molar-refractivity contribution in [3.8, 4) is 16.3 Å². The Morgan fingerprint density at radius 2 is 1.90 bits per heavy atom. The Labute approximate surface area is 181 Å². The van der Waals surface area contributed by atoms with Crippen LogP contribution in [0.3, 0.4) is 0 Å². The van der Waals surface area contributed by atoms with Gasteiger partial charge in [0, 0.05) is 22.3 Å². The number of anilines is 1. The van der Waals surface area contributed by atoms with E-state index in [1.54, 1.807) is 42.5 Å². The number of phenolic OH excluding ortho intramolecular Hbond substituents is 1. The van der Waals surface area contributed by atoms with Crippen molar-refractivity contribution in [3.63, 3.8) is 0 Å². The van der Waals surface area contributed by atoms with Gasteiger partial charge in [-0.25, -0.2) is 4.98 Å². The van der Waals surface area contributed by atoms with Gasteiger partial charge in [-0.1, -0.05) is 29.8 Å². The first-order chi connectivity index (χ1) is 14.0. The summed E-state index contributed by atoms with van der Waals surface area (Å²) in [6.07, 6.45) is 0. The molecule has 8 heteroatoms. The van der Waals surface area contributed by atoms with E-state index in [4.69, 9.17) is 23.8 Å². The number of aromatic hydroxyl groups is 1. The molecule has 0 aliphatic heterocycles. The highest BCUT2D eigenvalue weighted by Crippen LogP contribution is 2.36. The second kappa shape index (κ2) is 8.16. The molecule has 0 atom stereocenters. The Bertz CT molecular complexity index is 1210. The summed E-state index contributed by atoms with van der Waals surface area (Å²) < 4.78 is 1.05. The number of fused-ring (bicyclic) bond motifs is 1. The molecule has 0 aliphatic carbocycles. The molecule has 0 unspecified atom stereocenters. The van der Waals surface area contributed by atoms with Gasteiger partial charge in [0.05, 0.1) is 15.8 Å². The maximum absolute atomic E-state index is 12.2. The predicted molar refractivity (Wildman–Crippen MR) is 122 cm³/mol. The van der Waals surface area contributed by atoms with Crippen molar-refractivity contribution in [2.75, 3.05) is 5.32 Å². The van der Waals surface area contributed by atoms with Gasteiger partial charge >= 0.3 is 0 Å². The monoisotopic (exact) mass is 439 g/mol. The number of carbonyl (C=O) groups is 1. The van der Waals surface area contributed by atoms with Crippen LogP contribution in [0.25, 0.3) is 20.8 Å². The van der Waals surface area contributed by atoms with Gasteiger partial charge in [0.1, 0.15) is 10.8 Å². The van der Waals surface area contributed by atoms with Gasteiger partial charge in [0.15, 0.2) is 5.11 Å². The number of halogens is 1. The second-order valence-corrected chi connectivity index (χ2v) is 8.01. The smallest absolute Gasteiger partial charge is 0.257 e. The largest absolute Gasteiger partial charge is 0.507 e. The molecule has 1 aromatic heterocycles. The molecule has 0 bridgehead atoms. The standard InChI is InChI=1S/C21H14ClN3O2S2/c22-13-5-3-4-12(10-13)19(27)25-21(28)23-14-8-9-15(17(26)11-14)20-24-16-6-1-2-7-18(16)29-20/h1-11,26H,(H2,23,25,27,28). The number of para-hydroxylation sites is 1. The Morgan fingerprint density at radius 1 is 1.07 bits per heavy atom. The summed E-state index contributed by atoms with van der Waals surface area (Å²) in [7, 11) is 0. The third kappa shape index (κ3) is 4.37. The number of thiazole rings is 1. The Morgan fingerprint density at radius 3 is 2.66 bits per heavy atom. The lowest BCUT2D eigenvalue weighted by Gasteiger charge is -2.11. The highest BCUT2D eigenvalue weighted by atomic mass is 35.5. The zero-order valence-electron chi connectivity index (χ0n) is 14.8. The van der Waals surface area contributed by atoms with Crippen LogP contribution in [0.1, 0.15) is 10.4 Å². The summed E-state index contributed by atoms with van der Waals surface area (Å²) in [5.41, 5.74) is 2.46. The molecule has 1 heterocycles. The number of hydrogen-bond acceptors (Lipinski definition) is 5. The van der Waals surface area contributed by atoms with Crippen LogP contribution in [0.15, 0.2) is 66.7 Å². The molecule has 4 aromatic rings. The minimum absolute atomic E-state index is 0.0676. The van der Waals surface area contributed by atoms with Crippen molar-refractivity contribution in [2.24, 2.45) is 0 Å². The molecule has 29 heavy (non-hydrogen) atoms. The second-order valence-electron chi connectivity index (χ2n) is 6.14. The number of carbonyl (C=O) groups excluding carboxylic acids is 1. The highest BCUT2D eigenvalue weighted by molar-refractivity contribution is 7.80. The van der Waals surface area contributed by atoms with Crippen molar-refractivity contribution in [1.82, 2.24) is 10.3 Å². The fourth-order valence-corrected chi connectivity index (χ4v) is 4.15. The zero-order chi connectivity index (χ0) is 20.4. The summed E-state index contributed by atoms with van der Waals surface area (Å²) in [5.74, 6) is -0.307. The molecule has 0 saturated carbocycles. The quantitative estimate of drug-likeness (QED) is 0.370. The van der Waals surface area contributed by atoms with E-state index in [2.05, 4.69) is 15.6 Å². The molecule has 0 aliphatic rings. The predicted octanol–water partition coefficient (Wildman–Crippen LogP) is 5.45. The Hall–Kier alpha value is -3.00. The third-order valence-electron chi connectivity index (χ3n) is 4.09. The van der Waals surface area contributed by atoms with Gasteiger partial charge in [-0.15, -0.1) is 11.3 Å². The number of rotatable bonds is 3. The van der Waals surface area contributed by atoms with Crippen LogP contribution in [-0.4, -0.2) is 21.1 Å². The average Bonchev–Trinajstić information content (AvgIpc) is 3.11. The van der Waals surface area contributed by atoms with E-state index in [0.717, 1.165) is 15.2 Å². The number of hydrogen-bond donors (Lipinski definition) is 3. The normalized spacial score (nSPS) is 10.7. The molecular formula is C21H14ClN3O2S2. The van der Waals surface area contributed by atoms with Gasteiger partial charge in [0.2, 0.25) is 0 Å². The van der Waals surface area contributed by atoms with Crippen LogP contribution >= 0.6 is 35.2 Å². The lowest BCUT2D eigenvalue weighted by molar-refractivity contribution is 0.0977. The molecule has 5 nitrogen and oxygen atoms in total. The van der Waals surface area contributed by atoms with Crippen molar-refractivity contribution in [1.29, 1.82) is 0 Å². The number of nitrogens with zero attached hydrogens (tertiary/aromatic N) is 1. The minimum atomic E-state index is -0.375. The number of benzene rings is 3. The minimum Gasteiger partial charge on any atom is -0.507 e. The number of nitrogens with one attached hydrogen (secondary N) is 2. The molecule has 144 valence electrons. The maximum Gasteiger partial charge on any atom is 0.257 e. The zero-order valence-corrected chi connectivity index (χ0v) is 17.2. The van der Waals surface area contributed by atoms with Crippen LogP contribution < -0.4 is 10.6 Å². The lowest BCUT2D eigenvalue weighted by atomic mass is 10.2. The summed E-state index contributed by atoms with van der Waals surface area (Å²) in [6, 6.07) is 19.4. The molecule has 0 spiro atoms. The van der Waals surface area contributed by atoms with Gasteiger partial charge in [-0.2, -0.15) is 0 Å². The maximum atomic E-state index is 12.2. The average molecular weight is 440 g/mol. The summed E-state index contributed by atoms with van der Waals surface area (Å²) in [4.78, 5) is 16.8. The fourth-order valence-electron chi connectivity index (χ4n) is 2.75. The molecular weight excluding hydrogens is 426 g/mol. The van der Waals surface area contributed by atoms with Gasteiger partial charge < -0.3 is 10.4 Å². The van der Waals surface area contributed by atoms with Crippen LogP contribution in [0, 0.1) is 0 Å². The summed E-state index contributed by atoms with van der Waals surface area (Å²) >= 11 is 12.6. The van der Waals surface area contributed by atoms with Gasteiger partial charge in [0.25, 0.3) is 5.91 Å². The fraction of sp³-hybridized carbons (Fsp3) is 0. The van der Waals surface area contributed by atoms with Crippen molar-refractivity contribution >= 4 is 62.1 Å². The first-order valence-electron chi connectivity index (χ1n) is 8.56. The third-order valence-corrected chi connectivity index (χ3v) is 5.60. The number of thiocarbonyl (C=S) groups is 1. The molecule has 0 fully saturated rings. The van der Waals surface area contributed by atoms with Gasteiger partial charge in [-0.3, -0.25) is 10.1 Å². The van der Waals surface area contributed by atoms with Gasteiger partial charge in [-0.05, 0) is 54.7 Å². The first kappa shape index (κ1) is 19.3. The van der Waals surface area contributed by atoms with Crippen LogP contribution in [-0.2, 0) is 0 Å². The molecule has 3 N–H and O–H groups in total. The van der Waals surface area contributed by atoms with E-state index in [1.165, 1.54) is 11.3 Å². The molecule has 1 amide bonds. The number of amides is 1. The molecule has 3 aromatic carbocycles. The number of phenols is 1. The first-order valence-corrected chi connectivity index (χ1v) is 10.2. The Balaban J connectivity index is 1.47. The van der Waals surface area contributed by atoms with Crippen molar-refractivity contribution < 1.29 is 9.90 Å². The van der Waals surface area contributed by atoms with Crippen molar-refractivity contribution in [2.45, 2.75) is 0 Å². The van der Waals surface area contributed by atoms with E-state index in [9.17, 15) is 9.90 Å². The SMILES string of the molecule is O=C(NC(=S)Nc1ccc(-c2nc3ccccc3s2)c(O)c1)c1cccc(Cl)c1. The van der Waals surface area contributed by atoms with Crippen LogP contribution in [0.4, 0.5) is 5.69 Å². The highest BCUT2D eigenvalue weighted by Gasteiger charge is 2.12. The van der Waals surface area contributed by atoms with E-state index in [1.807, 2.05) is 24.3 Å². The topological polar surface area (TPSA) is 74.2 Å². The summed E-state index contributed by atoms with van der Waals surface area (Å²) in [5, 5.41) is 17.2. The van der Waals surface area contributed by atoms with Crippen LogP contribution in [0.5, 0.6) is 5.75 Å². The lowest BCUT2D eigenvalue weighted by Crippen LogP contribution is -2.34. The van der Waals surface area contributed by atoms with Crippen molar-refractivity contribution in [3.05, 3.63) is 77.3 Å². The van der Waals surface area contributed by atoms with E-state index in [0.29, 0.717) is 21.8 Å². The van der Waals surface area contributed by atoms with Crippen LogP contribution in [0.2, 0.25) is 5.02 Å². The van der Waals surface area contributed by atoms with E-state index < -0.39 is 0 Å². The van der Waals surface area contributed by atoms with E-state index >= 15 is 0 Å². The Kier molecular flexibility index (Phi) is 5.44. The molecule has 0 radical (unpaired) electrons. The molecule has 4 rings (SSSR count). The molecule has 0 saturated heterocycles.